The van der Waals surface area contributed by atoms with Crippen molar-refractivity contribution < 1.29 is 21.6 Å². The molecule has 0 bridgehead atoms. The quantitative estimate of drug-likeness (QED) is 0.459. The number of sulfonamides is 1. The molecule has 8 nitrogen and oxygen atoms in total. The summed E-state index contributed by atoms with van der Waals surface area (Å²) in [7, 11) is -0.320. The lowest BCUT2D eigenvalue weighted by Crippen LogP contribution is -2.43. The molecule has 214 valence electrons. The van der Waals surface area contributed by atoms with Gasteiger partial charge in [-0.05, 0) is 61.2 Å². The van der Waals surface area contributed by atoms with Gasteiger partial charge in [-0.1, -0.05) is 19.1 Å². The van der Waals surface area contributed by atoms with Crippen molar-refractivity contribution in [1.29, 1.82) is 0 Å². The maximum atomic E-state index is 14.3. The monoisotopic (exact) mass is 574 g/mol. The number of benzene rings is 2. The number of nitrogens with zero attached hydrogens (tertiary/aromatic N) is 6. The maximum Gasteiger partial charge on any atom is 0.416 e. The van der Waals surface area contributed by atoms with Crippen LogP contribution < -0.4 is 4.31 Å². The summed E-state index contributed by atoms with van der Waals surface area (Å²) < 4.78 is 73.5. The Hall–Kier alpha value is -2.96. The summed E-state index contributed by atoms with van der Waals surface area (Å²) in [5.74, 6) is 1.25. The number of anilines is 1. The summed E-state index contributed by atoms with van der Waals surface area (Å²) >= 11 is 0. The van der Waals surface area contributed by atoms with Gasteiger partial charge in [0.05, 0.1) is 28.1 Å². The van der Waals surface area contributed by atoms with Gasteiger partial charge in [0, 0.05) is 45.3 Å². The molecule has 6 rings (SSSR count). The highest BCUT2D eigenvalue weighted by molar-refractivity contribution is 7.93. The minimum atomic E-state index is -4.67. The Morgan fingerprint density at radius 1 is 1.05 bits per heavy atom. The van der Waals surface area contributed by atoms with E-state index in [1.54, 1.807) is 24.5 Å². The lowest BCUT2D eigenvalue weighted by molar-refractivity contribution is -0.138. The Balaban J connectivity index is 1.38. The van der Waals surface area contributed by atoms with Crippen LogP contribution in [0.5, 0.6) is 0 Å². The second-order valence-corrected chi connectivity index (χ2v) is 13.5. The van der Waals surface area contributed by atoms with Crippen LogP contribution in [0.25, 0.3) is 0 Å². The van der Waals surface area contributed by atoms with Crippen molar-refractivity contribution in [2.24, 2.45) is 13.0 Å². The van der Waals surface area contributed by atoms with Crippen molar-refractivity contribution >= 4 is 15.7 Å². The van der Waals surface area contributed by atoms with Crippen molar-refractivity contribution in [3.8, 4) is 0 Å². The molecule has 0 radical (unpaired) electrons. The minimum Gasteiger partial charge on any atom is -0.320 e. The van der Waals surface area contributed by atoms with E-state index in [0.717, 1.165) is 47.7 Å². The van der Waals surface area contributed by atoms with Gasteiger partial charge >= 0.3 is 6.18 Å². The van der Waals surface area contributed by atoms with E-state index in [1.807, 2.05) is 24.7 Å². The zero-order valence-corrected chi connectivity index (χ0v) is 23.6. The number of fused-ring (bicyclic) bond motifs is 1. The van der Waals surface area contributed by atoms with Crippen molar-refractivity contribution in [3.05, 3.63) is 70.8 Å². The highest BCUT2D eigenvalue weighted by Gasteiger charge is 2.49. The molecule has 1 saturated heterocycles. The molecule has 3 aliphatic rings. The second-order valence-electron chi connectivity index (χ2n) is 11.6. The Bertz CT molecular complexity index is 1540. The van der Waals surface area contributed by atoms with Crippen molar-refractivity contribution in [1.82, 2.24) is 24.6 Å². The number of likely N-dealkylation sites (N-methyl/N-ethyl adjacent to an activating group) is 1. The van der Waals surface area contributed by atoms with Crippen molar-refractivity contribution in [2.45, 2.75) is 49.3 Å². The minimum absolute atomic E-state index is 0.194. The molecule has 0 atom stereocenters. The molecule has 3 heterocycles. The number of hydrogen-bond donors (Lipinski definition) is 0. The van der Waals surface area contributed by atoms with E-state index in [2.05, 4.69) is 26.9 Å². The topological polar surface area (TPSA) is 74.6 Å². The molecule has 0 amide bonds. The average Bonchev–Trinajstić information content (AvgIpc) is 3.42. The summed E-state index contributed by atoms with van der Waals surface area (Å²) in [5.41, 5.74) is 0.101. The molecule has 1 aliphatic carbocycles. The fourth-order valence-electron chi connectivity index (χ4n) is 6.63. The number of aromatic nitrogens is 3. The number of halogens is 3. The van der Waals surface area contributed by atoms with E-state index in [-0.39, 0.29) is 23.5 Å². The van der Waals surface area contributed by atoms with Crippen LogP contribution in [0.4, 0.5) is 18.9 Å². The maximum absolute atomic E-state index is 14.3. The first-order valence-corrected chi connectivity index (χ1v) is 14.9. The fraction of sp³-hybridized carbons (Fsp3) is 0.500. The number of piperazine rings is 1. The van der Waals surface area contributed by atoms with Crippen LogP contribution in [-0.2, 0) is 41.8 Å². The fourth-order valence-corrected chi connectivity index (χ4v) is 8.35. The third-order valence-corrected chi connectivity index (χ3v) is 10.5. The molecule has 0 unspecified atom stereocenters. The normalized spacial score (nSPS) is 25.1. The van der Waals surface area contributed by atoms with Crippen LogP contribution >= 0.6 is 0 Å². The molecular weight excluding hydrogens is 541 g/mol. The molecule has 2 aliphatic heterocycles. The first-order valence-electron chi connectivity index (χ1n) is 13.5. The summed E-state index contributed by atoms with van der Waals surface area (Å²) in [4.78, 5) is 3.98. The second kappa shape index (κ2) is 9.56. The van der Waals surface area contributed by atoms with Gasteiger partial charge < -0.3 is 9.47 Å². The average molecular weight is 575 g/mol. The Morgan fingerprint density at radius 3 is 2.40 bits per heavy atom. The summed E-state index contributed by atoms with van der Waals surface area (Å²) in [5, 5.41) is 8.41. The van der Waals surface area contributed by atoms with E-state index >= 15 is 0 Å². The van der Waals surface area contributed by atoms with E-state index < -0.39 is 27.2 Å². The predicted molar refractivity (Wildman–Crippen MR) is 144 cm³/mol. The third-order valence-electron chi connectivity index (χ3n) is 8.67. The van der Waals surface area contributed by atoms with Gasteiger partial charge in [-0.25, -0.2) is 8.42 Å². The number of hydrogen-bond acceptors (Lipinski definition) is 6. The summed E-state index contributed by atoms with van der Waals surface area (Å²) in [6.07, 6.45) is -1.38. The van der Waals surface area contributed by atoms with Gasteiger partial charge in [0.15, 0.2) is 0 Å². The molecule has 1 saturated carbocycles. The standard InChI is InChI=1S/C28H33F3N6O2S/c1-19-14-27(15-19,26-33-32-18-35(26)3)21-5-4-6-22(13-21)37-17-23-24(28(29,30)31)11-20(12-25(23)40(37,38)39)16-36-9-7-34(2)8-10-36/h4-6,11-13,18-19H,7-10,14-17H2,1-3H3. The molecule has 40 heavy (non-hydrogen) atoms. The van der Waals surface area contributed by atoms with Gasteiger partial charge in [0.2, 0.25) is 0 Å². The highest BCUT2D eigenvalue weighted by atomic mass is 32.2. The van der Waals surface area contributed by atoms with Crippen LogP contribution in [0.1, 0.15) is 47.8 Å². The molecular formula is C28H33F3N6O2S. The molecule has 0 N–H and O–H groups in total. The number of rotatable bonds is 5. The van der Waals surface area contributed by atoms with Gasteiger partial charge in [-0.3, -0.25) is 9.21 Å². The lowest BCUT2D eigenvalue weighted by Gasteiger charge is -2.46. The molecule has 1 aromatic heterocycles. The molecule has 0 spiro atoms. The van der Waals surface area contributed by atoms with Crippen LogP contribution in [0.3, 0.4) is 0 Å². The van der Waals surface area contributed by atoms with E-state index in [1.165, 1.54) is 6.07 Å². The third kappa shape index (κ3) is 4.50. The highest BCUT2D eigenvalue weighted by Crippen LogP contribution is 2.52. The molecule has 2 aromatic carbocycles. The molecule has 12 heteroatoms. The van der Waals surface area contributed by atoms with Crippen LogP contribution in [0.2, 0.25) is 0 Å². The SMILES string of the molecule is CC1CC(c2cccc(N3Cc4c(C(F)(F)F)cc(CN5CCN(C)CC5)cc4S3(=O)=O)c2)(c2nncn2C)C1. The first-order chi connectivity index (χ1) is 18.9. The summed E-state index contributed by atoms with van der Waals surface area (Å²) in [6, 6.07) is 9.73. The van der Waals surface area contributed by atoms with Crippen LogP contribution in [0.15, 0.2) is 47.6 Å². The predicted octanol–water partition coefficient (Wildman–Crippen LogP) is 4.01. The zero-order valence-electron chi connectivity index (χ0n) is 22.8. The van der Waals surface area contributed by atoms with Crippen molar-refractivity contribution in [3.63, 3.8) is 0 Å². The largest absolute Gasteiger partial charge is 0.416 e. The van der Waals surface area contributed by atoms with Gasteiger partial charge in [-0.2, -0.15) is 13.2 Å². The lowest BCUT2D eigenvalue weighted by atomic mass is 9.58. The zero-order chi connectivity index (χ0) is 28.4. The van der Waals surface area contributed by atoms with E-state index in [0.29, 0.717) is 30.3 Å². The molecule has 3 aromatic rings. The summed E-state index contributed by atoms with van der Waals surface area (Å²) in [6.45, 7) is 5.12. The van der Waals surface area contributed by atoms with Gasteiger partial charge in [-0.15, -0.1) is 10.2 Å². The number of aryl methyl sites for hydroxylation is 1. The van der Waals surface area contributed by atoms with Gasteiger partial charge in [0.1, 0.15) is 12.2 Å². The Labute approximate surface area is 232 Å². The van der Waals surface area contributed by atoms with Crippen LogP contribution in [0, 0.1) is 5.92 Å². The Kier molecular flexibility index (Phi) is 6.50. The number of alkyl halides is 3. The van der Waals surface area contributed by atoms with Gasteiger partial charge in [0.25, 0.3) is 10.0 Å². The smallest absolute Gasteiger partial charge is 0.320 e. The van der Waals surface area contributed by atoms with E-state index in [4.69, 9.17) is 0 Å². The first kappa shape index (κ1) is 27.2. The van der Waals surface area contributed by atoms with Crippen LogP contribution in [-0.4, -0.2) is 66.2 Å². The van der Waals surface area contributed by atoms with Crippen molar-refractivity contribution in [2.75, 3.05) is 37.5 Å². The molecule has 2 fully saturated rings. The van der Waals surface area contributed by atoms with E-state index in [9.17, 15) is 21.6 Å². The Morgan fingerprint density at radius 2 is 1.77 bits per heavy atom.